The molecule has 0 spiro atoms. The Morgan fingerprint density at radius 3 is 2.94 bits per heavy atom. The highest BCUT2D eigenvalue weighted by Gasteiger charge is 2.22. The van der Waals surface area contributed by atoms with Crippen molar-refractivity contribution in [3.63, 3.8) is 0 Å². The van der Waals surface area contributed by atoms with Gasteiger partial charge in [0, 0.05) is 68.5 Å². The number of hydrogen-bond donors (Lipinski definition) is 2. The third-order valence-electron chi connectivity index (χ3n) is 5.61. The van der Waals surface area contributed by atoms with Crippen molar-refractivity contribution in [2.24, 2.45) is 7.05 Å². The first-order chi connectivity index (χ1) is 14.9. The third kappa shape index (κ3) is 3.50. The summed E-state index contributed by atoms with van der Waals surface area (Å²) in [7, 11) is 1.84. The van der Waals surface area contributed by atoms with Crippen molar-refractivity contribution in [1.82, 2.24) is 24.5 Å². The van der Waals surface area contributed by atoms with Crippen LogP contribution in [0.1, 0.15) is 23.0 Å². The molecule has 0 bridgehead atoms. The second-order valence-corrected chi connectivity index (χ2v) is 8.14. The lowest BCUT2D eigenvalue weighted by molar-refractivity contribution is 0.102. The molecule has 9 heteroatoms. The van der Waals surface area contributed by atoms with Crippen LogP contribution in [-0.2, 0) is 7.05 Å². The number of carbonyl (C=O) groups is 1. The molecule has 1 amide bonds. The summed E-state index contributed by atoms with van der Waals surface area (Å²) in [5.74, 6) is -0.823. The van der Waals surface area contributed by atoms with Crippen LogP contribution in [0.25, 0.3) is 16.6 Å². The molecule has 1 aliphatic rings. The monoisotopic (exact) mass is 421 g/mol. The van der Waals surface area contributed by atoms with Gasteiger partial charge in [-0.05, 0) is 26.0 Å². The van der Waals surface area contributed by atoms with Crippen molar-refractivity contribution < 1.29 is 9.18 Å². The van der Waals surface area contributed by atoms with Gasteiger partial charge in [0.25, 0.3) is 5.91 Å². The van der Waals surface area contributed by atoms with E-state index in [-0.39, 0.29) is 11.6 Å². The highest BCUT2D eigenvalue weighted by atomic mass is 19.1. The first-order valence-electron chi connectivity index (χ1n) is 10.3. The lowest BCUT2D eigenvalue weighted by atomic mass is 10.1. The summed E-state index contributed by atoms with van der Waals surface area (Å²) >= 11 is 0. The Balaban J connectivity index is 1.50. The molecule has 31 heavy (non-hydrogen) atoms. The van der Waals surface area contributed by atoms with E-state index in [1.54, 1.807) is 34.5 Å². The van der Waals surface area contributed by atoms with Crippen LogP contribution in [0.5, 0.6) is 0 Å². The van der Waals surface area contributed by atoms with Crippen molar-refractivity contribution in [3.05, 3.63) is 53.9 Å². The molecule has 1 fully saturated rings. The van der Waals surface area contributed by atoms with E-state index in [0.29, 0.717) is 28.5 Å². The Kier molecular flexibility index (Phi) is 4.62. The van der Waals surface area contributed by atoms with E-state index in [0.717, 1.165) is 30.7 Å². The van der Waals surface area contributed by atoms with Crippen LogP contribution in [0.3, 0.4) is 0 Å². The van der Waals surface area contributed by atoms with E-state index in [2.05, 4.69) is 32.5 Å². The maximum atomic E-state index is 14.4. The van der Waals surface area contributed by atoms with Crippen LogP contribution in [0.4, 0.5) is 15.8 Å². The summed E-state index contributed by atoms with van der Waals surface area (Å²) in [4.78, 5) is 19.6. The molecule has 3 aromatic heterocycles. The normalized spacial score (nSPS) is 16.9. The van der Waals surface area contributed by atoms with Crippen LogP contribution in [0.15, 0.2) is 36.8 Å². The zero-order valence-electron chi connectivity index (χ0n) is 17.7. The largest absolute Gasteiger partial charge is 0.368 e. The number of hydrogen-bond acceptors (Lipinski definition) is 5. The number of halogens is 1. The van der Waals surface area contributed by atoms with Gasteiger partial charge in [-0.15, -0.1) is 0 Å². The number of aryl methyl sites for hydroxylation is 2. The van der Waals surface area contributed by atoms with Gasteiger partial charge in [-0.2, -0.15) is 5.10 Å². The second-order valence-electron chi connectivity index (χ2n) is 8.14. The zero-order chi connectivity index (χ0) is 21.7. The van der Waals surface area contributed by atoms with E-state index in [9.17, 15) is 9.18 Å². The van der Waals surface area contributed by atoms with Crippen molar-refractivity contribution in [3.8, 4) is 0 Å². The molecule has 4 aromatic rings. The van der Waals surface area contributed by atoms with Crippen molar-refractivity contribution in [2.75, 3.05) is 29.9 Å². The molecular formula is C22H24FN7O. The quantitative estimate of drug-likeness (QED) is 0.532. The number of pyridine rings is 1. The number of piperazine rings is 1. The number of nitrogens with one attached hydrogen (secondary N) is 2. The summed E-state index contributed by atoms with van der Waals surface area (Å²) in [5.41, 5.74) is 3.44. The zero-order valence-corrected chi connectivity index (χ0v) is 17.7. The molecule has 0 saturated carbocycles. The number of rotatable bonds is 3. The summed E-state index contributed by atoms with van der Waals surface area (Å²) in [5, 5.41) is 11.7. The molecule has 0 radical (unpaired) electrons. The van der Waals surface area contributed by atoms with E-state index >= 15 is 0 Å². The summed E-state index contributed by atoms with van der Waals surface area (Å²) in [6.07, 6.45) is 5.31. The Morgan fingerprint density at radius 2 is 2.13 bits per heavy atom. The fourth-order valence-electron chi connectivity index (χ4n) is 4.26. The Bertz CT molecular complexity index is 1310. The number of amides is 1. The standard InChI is InChI=1S/C22H24FN7O/c1-13-9-29(7-6-24-13)19-5-4-16(20-17(19)12-28(3)27-20)22(31)26-15-8-18(23)21-25-14(2)10-30(21)11-15/h4-5,8,10-13,24H,6-7,9H2,1-3H3,(H,26,31)/t13-/m0/s1. The van der Waals surface area contributed by atoms with Gasteiger partial charge in [0.1, 0.15) is 5.52 Å². The fourth-order valence-corrected chi connectivity index (χ4v) is 4.26. The smallest absolute Gasteiger partial charge is 0.257 e. The van der Waals surface area contributed by atoms with E-state index in [1.165, 1.54) is 6.07 Å². The summed E-state index contributed by atoms with van der Waals surface area (Å²) in [6.45, 7) is 6.64. The Labute approximate surface area is 178 Å². The number of anilines is 2. The fraction of sp³-hybridized carbons (Fsp3) is 0.318. The molecule has 4 heterocycles. The first kappa shape index (κ1) is 19.5. The minimum absolute atomic E-state index is 0.234. The summed E-state index contributed by atoms with van der Waals surface area (Å²) in [6, 6.07) is 5.44. The second kappa shape index (κ2) is 7.35. The van der Waals surface area contributed by atoms with Gasteiger partial charge < -0.3 is 19.9 Å². The molecule has 1 aromatic carbocycles. The average Bonchev–Trinajstić information content (AvgIpc) is 3.28. The molecule has 2 N–H and O–H groups in total. The molecule has 5 rings (SSSR count). The van der Waals surface area contributed by atoms with Crippen molar-refractivity contribution in [1.29, 1.82) is 0 Å². The van der Waals surface area contributed by atoms with Gasteiger partial charge in [-0.3, -0.25) is 9.48 Å². The predicted octanol–water partition coefficient (Wildman–Crippen LogP) is 2.72. The van der Waals surface area contributed by atoms with Crippen molar-refractivity contribution >= 4 is 33.8 Å². The molecule has 1 aliphatic heterocycles. The average molecular weight is 421 g/mol. The molecule has 1 saturated heterocycles. The number of nitrogens with zero attached hydrogens (tertiary/aromatic N) is 5. The first-order valence-corrected chi connectivity index (χ1v) is 10.3. The Hall–Kier alpha value is -3.46. The van der Waals surface area contributed by atoms with Gasteiger partial charge in [0.2, 0.25) is 0 Å². The molecule has 0 aliphatic carbocycles. The van der Waals surface area contributed by atoms with Crippen LogP contribution in [-0.4, -0.2) is 50.7 Å². The highest BCUT2D eigenvalue weighted by molar-refractivity contribution is 6.13. The molecule has 0 unspecified atom stereocenters. The van der Waals surface area contributed by atoms with E-state index in [1.807, 2.05) is 19.3 Å². The van der Waals surface area contributed by atoms with Crippen LogP contribution >= 0.6 is 0 Å². The number of aromatic nitrogens is 4. The van der Waals surface area contributed by atoms with Crippen LogP contribution in [0.2, 0.25) is 0 Å². The van der Waals surface area contributed by atoms with Gasteiger partial charge in [0.05, 0.1) is 16.9 Å². The van der Waals surface area contributed by atoms with Gasteiger partial charge in [-0.1, -0.05) is 0 Å². The predicted molar refractivity (Wildman–Crippen MR) is 118 cm³/mol. The number of benzene rings is 1. The highest BCUT2D eigenvalue weighted by Crippen LogP contribution is 2.30. The van der Waals surface area contributed by atoms with Gasteiger partial charge >= 0.3 is 0 Å². The molecule has 160 valence electrons. The number of carbonyl (C=O) groups excluding carboxylic acids is 1. The van der Waals surface area contributed by atoms with Gasteiger partial charge in [-0.25, -0.2) is 9.37 Å². The molecular weight excluding hydrogens is 397 g/mol. The Morgan fingerprint density at radius 1 is 1.29 bits per heavy atom. The lowest BCUT2D eigenvalue weighted by Crippen LogP contribution is -2.49. The molecule has 1 atom stereocenters. The van der Waals surface area contributed by atoms with E-state index < -0.39 is 5.82 Å². The lowest BCUT2D eigenvalue weighted by Gasteiger charge is -2.34. The topological polar surface area (TPSA) is 79.5 Å². The SMILES string of the molecule is Cc1cn2cc(NC(=O)c3ccc(N4CCN[C@@H](C)C4)c4cn(C)nc34)cc(F)c2n1. The van der Waals surface area contributed by atoms with Crippen LogP contribution < -0.4 is 15.5 Å². The molecule has 8 nitrogen and oxygen atoms in total. The number of fused-ring (bicyclic) bond motifs is 2. The minimum Gasteiger partial charge on any atom is -0.368 e. The summed E-state index contributed by atoms with van der Waals surface area (Å²) < 4.78 is 17.7. The van der Waals surface area contributed by atoms with Gasteiger partial charge in [0.15, 0.2) is 11.5 Å². The third-order valence-corrected chi connectivity index (χ3v) is 5.61. The minimum atomic E-state index is -0.489. The van der Waals surface area contributed by atoms with Crippen molar-refractivity contribution in [2.45, 2.75) is 19.9 Å². The maximum Gasteiger partial charge on any atom is 0.257 e. The maximum absolute atomic E-state index is 14.4. The number of imidazole rings is 1. The van der Waals surface area contributed by atoms with E-state index in [4.69, 9.17) is 0 Å². The van der Waals surface area contributed by atoms with Crippen LogP contribution in [0, 0.1) is 12.7 Å².